The third kappa shape index (κ3) is 14.6. The van der Waals surface area contributed by atoms with Gasteiger partial charge >= 0.3 is 0 Å². The van der Waals surface area contributed by atoms with E-state index in [0.717, 1.165) is 41.2 Å². The lowest BCUT2D eigenvalue weighted by molar-refractivity contribution is 0.385. The summed E-state index contributed by atoms with van der Waals surface area (Å²) in [6, 6.07) is 12.8. The van der Waals surface area contributed by atoms with Gasteiger partial charge in [0.15, 0.2) is 0 Å². The Morgan fingerprint density at radius 2 is 1.70 bits per heavy atom. The molecule has 0 saturated heterocycles. The molecule has 1 aromatic heterocycles. The van der Waals surface area contributed by atoms with Crippen molar-refractivity contribution in [2.75, 3.05) is 16.8 Å². The zero-order valence-electron chi connectivity index (χ0n) is 28.0. The van der Waals surface area contributed by atoms with Gasteiger partial charge in [0.1, 0.15) is 5.82 Å². The number of benzene rings is 2. The molecule has 0 radical (unpaired) electrons. The van der Waals surface area contributed by atoms with Crippen LogP contribution in [0.25, 0.3) is 5.57 Å². The molecule has 3 aromatic rings. The van der Waals surface area contributed by atoms with Gasteiger partial charge in [0.05, 0.1) is 5.69 Å². The van der Waals surface area contributed by atoms with E-state index in [0.29, 0.717) is 16.7 Å². The summed E-state index contributed by atoms with van der Waals surface area (Å²) in [4.78, 5) is 8.99. The van der Waals surface area contributed by atoms with E-state index in [4.69, 9.17) is 11.6 Å². The van der Waals surface area contributed by atoms with Crippen LogP contribution in [0.4, 0.5) is 16.0 Å². The van der Waals surface area contributed by atoms with Crippen molar-refractivity contribution in [1.82, 2.24) is 9.97 Å². The van der Waals surface area contributed by atoms with E-state index < -0.39 is 5.82 Å². The molecule has 6 heteroatoms. The summed E-state index contributed by atoms with van der Waals surface area (Å²) in [7, 11) is 0. The zero-order valence-corrected chi connectivity index (χ0v) is 29.6. The average Bonchev–Trinajstić information content (AvgIpc) is 3.01. The van der Waals surface area contributed by atoms with Crippen LogP contribution in [0.2, 0.25) is 5.02 Å². The molecule has 0 bridgehead atoms. The normalized spacial score (nSPS) is 13.4. The van der Waals surface area contributed by atoms with Crippen molar-refractivity contribution in [1.29, 1.82) is 0 Å². The standard InChI is InChI=1S/C23H23ClFN3.C8H18S.C7H14/c1-4-6-21(17-9-7-16(5-2)8-10-17)22-14-26-23(27-15(22)3)28-20-12-18(24)11-19(25)13-20;1-3-5-6-8-9-7-4-2;1-7-5-3-2-4-6-7/h6-14H,4-5H2,1-3H3,(H,26,27,28);3-8H2,1-2H3;7H,2-6H2,1H3/b21-6-;;. The Morgan fingerprint density at radius 3 is 2.25 bits per heavy atom. The summed E-state index contributed by atoms with van der Waals surface area (Å²) in [5.74, 6) is 3.76. The number of rotatable bonds is 12. The summed E-state index contributed by atoms with van der Waals surface area (Å²) >= 11 is 8.00. The van der Waals surface area contributed by atoms with Crippen LogP contribution in [0.5, 0.6) is 0 Å². The number of allylic oxidation sites excluding steroid dienone is 1. The van der Waals surface area contributed by atoms with Gasteiger partial charge in [0.25, 0.3) is 0 Å². The highest BCUT2D eigenvalue weighted by Crippen LogP contribution is 2.28. The number of nitrogens with zero attached hydrogens (tertiary/aromatic N) is 2. The van der Waals surface area contributed by atoms with E-state index >= 15 is 0 Å². The van der Waals surface area contributed by atoms with Crippen LogP contribution in [0.1, 0.15) is 121 Å². The lowest BCUT2D eigenvalue weighted by atomic mass is 9.91. The first kappa shape index (κ1) is 37.8. The fraction of sp³-hybridized carbons (Fsp3) is 0.526. The van der Waals surface area contributed by atoms with Gasteiger partial charge < -0.3 is 5.32 Å². The fourth-order valence-corrected chi connectivity index (χ4v) is 6.18. The van der Waals surface area contributed by atoms with Crippen LogP contribution in [-0.4, -0.2) is 21.5 Å². The molecule has 0 aliphatic heterocycles. The molecule has 0 atom stereocenters. The summed E-state index contributed by atoms with van der Waals surface area (Å²) in [5, 5.41) is 3.33. The van der Waals surface area contributed by atoms with Crippen molar-refractivity contribution in [3.63, 3.8) is 0 Å². The molecule has 1 saturated carbocycles. The first-order valence-electron chi connectivity index (χ1n) is 16.7. The van der Waals surface area contributed by atoms with Crippen molar-refractivity contribution in [3.05, 3.63) is 88.0 Å². The van der Waals surface area contributed by atoms with Gasteiger partial charge in [-0.3, -0.25) is 0 Å². The average molecular weight is 640 g/mol. The molecule has 44 heavy (non-hydrogen) atoms. The maximum atomic E-state index is 13.5. The summed E-state index contributed by atoms with van der Waals surface area (Å²) < 4.78 is 13.5. The largest absolute Gasteiger partial charge is 0.324 e. The van der Waals surface area contributed by atoms with Gasteiger partial charge in [0.2, 0.25) is 5.95 Å². The summed E-state index contributed by atoms with van der Waals surface area (Å²) in [6.45, 7) is 13.1. The molecule has 2 aromatic carbocycles. The van der Waals surface area contributed by atoms with Crippen LogP contribution in [0.3, 0.4) is 0 Å². The highest BCUT2D eigenvalue weighted by molar-refractivity contribution is 7.99. The molecule has 1 N–H and O–H groups in total. The van der Waals surface area contributed by atoms with Crippen LogP contribution < -0.4 is 5.32 Å². The number of hydrogen-bond acceptors (Lipinski definition) is 4. The number of halogens is 2. The predicted octanol–water partition coefficient (Wildman–Crippen LogP) is 12.6. The SMILES string of the molecule is CC/C=C(/c1ccc(CC)cc1)c1cnc(Nc2cc(F)cc(Cl)c2)nc1C.CC1CCCCC1.CCCCCSCCC. The van der Waals surface area contributed by atoms with Gasteiger partial charge in [-0.1, -0.05) is 122 Å². The number of aromatic nitrogens is 2. The van der Waals surface area contributed by atoms with Gasteiger partial charge in [-0.05, 0) is 84.9 Å². The number of aryl methyl sites for hydroxylation is 2. The van der Waals surface area contributed by atoms with Crippen molar-refractivity contribution < 1.29 is 4.39 Å². The maximum absolute atomic E-state index is 13.5. The molecule has 4 rings (SSSR count). The van der Waals surface area contributed by atoms with Gasteiger partial charge in [0, 0.05) is 22.5 Å². The Balaban J connectivity index is 0.000000344. The van der Waals surface area contributed by atoms with Crippen LogP contribution in [-0.2, 0) is 6.42 Å². The number of hydrogen-bond donors (Lipinski definition) is 1. The molecule has 242 valence electrons. The lowest BCUT2D eigenvalue weighted by Crippen LogP contribution is -2.02. The van der Waals surface area contributed by atoms with E-state index in [2.05, 4.69) is 92.0 Å². The Morgan fingerprint density at radius 1 is 0.977 bits per heavy atom. The van der Waals surface area contributed by atoms with Crippen LogP contribution >= 0.6 is 23.4 Å². The van der Waals surface area contributed by atoms with Crippen LogP contribution in [0.15, 0.2) is 54.7 Å². The van der Waals surface area contributed by atoms with Crippen LogP contribution in [0, 0.1) is 18.7 Å². The van der Waals surface area contributed by atoms with E-state index in [-0.39, 0.29) is 0 Å². The highest BCUT2D eigenvalue weighted by Gasteiger charge is 2.11. The number of thioether (sulfide) groups is 1. The molecule has 1 aliphatic rings. The van der Waals surface area contributed by atoms with Crippen molar-refractivity contribution in [2.45, 2.75) is 112 Å². The summed E-state index contributed by atoms with van der Waals surface area (Å²) in [5.41, 5.74) is 5.90. The van der Waals surface area contributed by atoms with Crippen molar-refractivity contribution in [2.24, 2.45) is 5.92 Å². The topological polar surface area (TPSA) is 37.8 Å². The van der Waals surface area contributed by atoms with E-state index in [1.165, 1.54) is 87.0 Å². The van der Waals surface area contributed by atoms with E-state index in [1.54, 1.807) is 12.3 Å². The molecular weight excluding hydrogens is 585 g/mol. The second-order valence-electron chi connectivity index (χ2n) is 11.6. The van der Waals surface area contributed by atoms with Gasteiger partial charge in [-0.15, -0.1) is 0 Å². The maximum Gasteiger partial charge on any atom is 0.227 e. The quantitative estimate of drug-likeness (QED) is 0.200. The number of nitrogens with one attached hydrogen (secondary N) is 1. The molecule has 1 aliphatic carbocycles. The molecule has 0 spiro atoms. The number of unbranched alkanes of at least 4 members (excludes halogenated alkanes) is 2. The van der Waals surface area contributed by atoms with Gasteiger partial charge in [-0.2, -0.15) is 11.8 Å². The second-order valence-corrected chi connectivity index (χ2v) is 13.3. The minimum atomic E-state index is -0.410. The van der Waals surface area contributed by atoms with Crippen molar-refractivity contribution >= 4 is 40.6 Å². The zero-order chi connectivity index (χ0) is 32.2. The molecule has 1 heterocycles. The molecule has 3 nitrogen and oxygen atoms in total. The number of anilines is 2. The fourth-order valence-electron chi connectivity index (χ4n) is 5.06. The van der Waals surface area contributed by atoms with Gasteiger partial charge in [-0.25, -0.2) is 14.4 Å². The Kier molecular flexibility index (Phi) is 19.1. The molecule has 0 amide bonds. The summed E-state index contributed by atoms with van der Waals surface area (Å²) in [6.07, 6.45) is 18.9. The van der Waals surface area contributed by atoms with E-state index in [1.807, 2.05) is 6.92 Å². The molecular formula is C38H55ClFN3S. The highest BCUT2D eigenvalue weighted by atomic mass is 35.5. The third-order valence-corrected chi connectivity index (χ3v) is 9.10. The Labute approximate surface area is 276 Å². The smallest absolute Gasteiger partial charge is 0.227 e. The third-order valence-electron chi connectivity index (χ3n) is 7.60. The first-order chi connectivity index (χ1) is 21.3. The molecule has 0 unspecified atom stereocenters. The minimum Gasteiger partial charge on any atom is -0.324 e. The Bertz CT molecular complexity index is 1210. The predicted molar refractivity (Wildman–Crippen MR) is 194 cm³/mol. The minimum absolute atomic E-state index is 0.319. The lowest BCUT2D eigenvalue weighted by Gasteiger charge is -2.15. The van der Waals surface area contributed by atoms with E-state index in [9.17, 15) is 4.39 Å². The molecule has 1 fully saturated rings. The first-order valence-corrected chi connectivity index (χ1v) is 18.3. The monoisotopic (exact) mass is 639 g/mol. The second kappa shape index (κ2) is 22.2. The Hall–Kier alpha value is -2.37. The van der Waals surface area contributed by atoms with Crippen molar-refractivity contribution in [3.8, 4) is 0 Å².